The number of H-pyrrole nitrogens is 1. The number of methoxy groups -OCH3 is 1. The monoisotopic (exact) mass is 355 g/mol. The molecule has 1 saturated carbocycles. The van der Waals surface area contributed by atoms with E-state index in [2.05, 4.69) is 21.4 Å². The molecule has 0 amide bonds. The SMILES string of the molecule is COc1ccc(-c2cnc3[nH]ccc3c2NC2CCCCC2)cc1Cl. The second kappa shape index (κ2) is 6.96. The van der Waals surface area contributed by atoms with Gasteiger partial charge in [0.2, 0.25) is 0 Å². The summed E-state index contributed by atoms with van der Waals surface area (Å²) in [6, 6.07) is 8.49. The number of anilines is 1. The van der Waals surface area contributed by atoms with Crippen LogP contribution in [0.5, 0.6) is 5.75 Å². The van der Waals surface area contributed by atoms with Crippen molar-refractivity contribution in [2.75, 3.05) is 12.4 Å². The molecule has 3 aromatic rings. The molecule has 5 heteroatoms. The summed E-state index contributed by atoms with van der Waals surface area (Å²) < 4.78 is 5.28. The van der Waals surface area contributed by atoms with Gasteiger partial charge in [-0.3, -0.25) is 0 Å². The smallest absolute Gasteiger partial charge is 0.139 e. The molecule has 0 aliphatic heterocycles. The lowest BCUT2D eigenvalue weighted by molar-refractivity contribution is 0.415. The summed E-state index contributed by atoms with van der Waals surface area (Å²) in [5.41, 5.74) is 4.16. The number of hydrogen-bond donors (Lipinski definition) is 2. The molecule has 0 bridgehead atoms. The topological polar surface area (TPSA) is 49.9 Å². The van der Waals surface area contributed by atoms with Crippen LogP contribution in [0, 0.1) is 0 Å². The third-order valence-electron chi connectivity index (χ3n) is 5.00. The molecule has 25 heavy (non-hydrogen) atoms. The highest BCUT2D eigenvalue weighted by Gasteiger charge is 2.18. The molecule has 1 fully saturated rings. The van der Waals surface area contributed by atoms with Gasteiger partial charge in [-0.25, -0.2) is 4.98 Å². The molecule has 130 valence electrons. The van der Waals surface area contributed by atoms with Gasteiger partial charge >= 0.3 is 0 Å². The summed E-state index contributed by atoms with van der Waals surface area (Å²) >= 11 is 6.35. The van der Waals surface area contributed by atoms with Crippen molar-refractivity contribution in [3.8, 4) is 16.9 Å². The van der Waals surface area contributed by atoms with E-state index in [1.807, 2.05) is 30.6 Å². The number of fused-ring (bicyclic) bond motifs is 1. The van der Waals surface area contributed by atoms with E-state index in [-0.39, 0.29) is 0 Å². The predicted molar refractivity (Wildman–Crippen MR) is 104 cm³/mol. The first-order valence-electron chi connectivity index (χ1n) is 8.83. The molecule has 2 heterocycles. The van der Waals surface area contributed by atoms with Crippen LogP contribution in [0.15, 0.2) is 36.7 Å². The maximum Gasteiger partial charge on any atom is 0.139 e. The molecule has 0 saturated heterocycles. The molecule has 1 aliphatic rings. The second-order valence-electron chi connectivity index (χ2n) is 6.62. The highest BCUT2D eigenvalue weighted by Crippen LogP contribution is 2.38. The van der Waals surface area contributed by atoms with E-state index in [9.17, 15) is 0 Å². The summed E-state index contributed by atoms with van der Waals surface area (Å²) in [5, 5.41) is 5.52. The first kappa shape index (κ1) is 16.3. The largest absolute Gasteiger partial charge is 0.495 e. The summed E-state index contributed by atoms with van der Waals surface area (Å²) in [4.78, 5) is 7.78. The maximum absolute atomic E-state index is 6.35. The van der Waals surface area contributed by atoms with Gasteiger partial charge in [0, 0.05) is 29.4 Å². The fourth-order valence-corrected chi connectivity index (χ4v) is 3.92. The van der Waals surface area contributed by atoms with E-state index in [1.54, 1.807) is 7.11 Å². The minimum Gasteiger partial charge on any atom is -0.495 e. The fraction of sp³-hybridized carbons (Fsp3) is 0.350. The Balaban J connectivity index is 1.79. The quantitative estimate of drug-likeness (QED) is 0.637. The normalized spacial score (nSPS) is 15.4. The van der Waals surface area contributed by atoms with Crippen LogP contribution in [0.4, 0.5) is 5.69 Å². The standard InChI is InChI=1S/C20H22ClN3O/c1-25-18-8-7-13(11-17(18)21)16-12-23-20-15(9-10-22-20)19(16)24-14-5-3-2-4-6-14/h7-12,14H,2-6H2,1H3,(H2,22,23,24). The van der Waals surface area contributed by atoms with Gasteiger partial charge in [0.1, 0.15) is 11.4 Å². The van der Waals surface area contributed by atoms with Crippen LogP contribution in [0.1, 0.15) is 32.1 Å². The van der Waals surface area contributed by atoms with Gasteiger partial charge in [-0.15, -0.1) is 0 Å². The molecule has 4 rings (SSSR count). The zero-order chi connectivity index (χ0) is 17.2. The molecular weight excluding hydrogens is 334 g/mol. The third kappa shape index (κ3) is 3.19. The van der Waals surface area contributed by atoms with Crippen LogP contribution in [-0.2, 0) is 0 Å². The van der Waals surface area contributed by atoms with E-state index in [0.717, 1.165) is 27.8 Å². The predicted octanol–water partition coefficient (Wildman–Crippen LogP) is 5.64. The molecule has 0 spiro atoms. The van der Waals surface area contributed by atoms with Gasteiger partial charge in [0.05, 0.1) is 17.8 Å². The average Bonchev–Trinajstić information content (AvgIpc) is 3.12. The Labute approximate surface area is 152 Å². The lowest BCUT2D eigenvalue weighted by Gasteiger charge is -2.25. The number of benzene rings is 1. The fourth-order valence-electron chi connectivity index (χ4n) is 3.67. The number of hydrogen-bond acceptors (Lipinski definition) is 3. The Bertz CT molecular complexity index is 884. The molecule has 0 radical (unpaired) electrons. The number of ether oxygens (including phenoxy) is 1. The Morgan fingerprint density at radius 1 is 1.20 bits per heavy atom. The van der Waals surface area contributed by atoms with E-state index < -0.39 is 0 Å². The zero-order valence-corrected chi connectivity index (χ0v) is 15.1. The van der Waals surface area contributed by atoms with Crippen LogP contribution in [0.3, 0.4) is 0 Å². The van der Waals surface area contributed by atoms with E-state index in [1.165, 1.54) is 32.1 Å². The number of nitrogens with zero attached hydrogens (tertiary/aromatic N) is 1. The number of halogens is 1. The number of pyridine rings is 1. The van der Waals surface area contributed by atoms with Crippen LogP contribution in [0.25, 0.3) is 22.2 Å². The van der Waals surface area contributed by atoms with Crippen molar-refractivity contribution in [2.24, 2.45) is 0 Å². The van der Waals surface area contributed by atoms with E-state index in [0.29, 0.717) is 16.8 Å². The van der Waals surface area contributed by atoms with Gasteiger partial charge in [-0.05, 0) is 36.6 Å². The first-order valence-corrected chi connectivity index (χ1v) is 9.20. The third-order valence-corrected chi connectivity index (χ3v) is 5.30. The Morgan fingerprint density at radius 3 is 2.80 bits per heavy atom. The highest BCUT2D eigenvalue weighted by atomic mass is 35.5. The number of rotatable bonds is 4. The van der Waals surface area contributed by atoms with Gasteiger partial charge in [-0.1, -0.05) is 36.9 Å². The minimum atomic E-state index is 0.515. The van der Waals surface area contributed by atoms with Crippen LogP contribution in [0.2, 0.25) is 5.02 Å². The van der Waals surface area contributed by atoms with Crippen LogP contribution in [-0.4, -0.2) is 23.1 Å². The van der Waals surface area contributed by atoms with E-state index in [4.69, 9.17) is 16.3 Å². The lowest BCUT2D eigenvalue weighted by Crippen LogP contribution is -2.22. The molecule has 4 nitrogen and oxygen atoms in total. The molecule has 0 atom stereocenters. The molecule has 1 aliphatic carbocycles. The van der Waals surface area contributed by atoms with Gasteiger partial charge in [0.15, 0.2) is 0 Å². The zero-order valence-electron chi connectivity index (χ0n) is 14.3. The average molecular weight is 356 g/mol. The Hall–Kier alpha value is -2.20. The van der Waals surface area contributed by atoms with Crippen LogP contribution < -0.4 is 10.1 Å². The maximum atomic E-state index is 6.35. The summed E-state index contributed by atoms with van der Waals surface area (Å²) in [6.07, 6.45) is 10.2. The minimum absolute atomic E-state index is 0.515. The van der Waals surface area contributed by atoms with Crippen molar-refractivity contribution < 1.29 is 4.74 Å². The molecule has 2 aromatic heterocycles. The summed E-state index contributed by atoms with van der Waals surface area (Å²) in [6.45, 7) is 0. The van der Waals surface area contributed by atoms with E-state index >= 15 is 0 Å². The summed E-state index contributed by atoms with van der Waals surface area (Å²) in [7, 11) is 1.63. The molecule has 0 unspecified atom stereocenters. The van der Waals surface area contributed by atoms with Gasteiger partial charge in [-0.2, -0.15) is 0 Å². The molecular formula is C20H22ClN3O. The second-order valence-corrected chi connectivity index (χ2v) is 7.02. The lowest BCUT2D eigenvalue weighted by atomic mass is 9.94. The Morgan fingerprint density at radius 2 is 2.04 bits per heavy atom. The van der Waals surface area contributed by atoms with Crippen molar-refractivity contribution in [3.63, 3.8) is 0 Å². The number of aromatic nitrogens is 2. The number of nitrogens with one attached hydrogen (secondary N) is 2. The Kier molecular flexibility index (Phi) is 4.53. The highest BCUT2D eigenvalue weighted by molar-refractivity contribution is 6.32. The molecule has 2 N–H and O–H groups in total. The van der Waals surface area contributed by atoms with Crippen LogP contribution >= 0.6 is 11.6 Å². The number of aromatic amines is 1. The molecule has 1 aromatic carbocycles. The van der Waals surface area contributed by atoms with Gasteiger partial charge < -0.3 is 15.0 Å². The van der Waals surface area contributed by atoms with Crippen molar-refractivity contribution in [3.05, 3.63) is 41.7 Å². The van der Waals surface area contributed by atoms with Gasteiger partial charge in [0.25, 0.3) is 0 Å². The van der Waals surface area contributed by atoms with Crippen molar-refractivity contribution in [1.82, 2.24) is 9.97 Å². The van der Waals surface area contributed by atoms with Crippen molar-refractivity contribution in [1.29, 1.82) is 0 Å². The summed E-state index contributed by atoms with van der Waals surface area (Å²) in [5.74, 6) is 0.683. The first-order chi connectivity index (χ1) is 12.3. The van der Waals surface area contributed by atoms with Crippen molar-refractivity contribution >= 4 is 28.3 Å². The van der Waals surface area contributed by atoms with Crippen molar-refractivity contribution in [2.45, 2.75) is 38.1 Å².